The van der Waals surface area contributed by atoms with E-state index in [-0.39, 0.29) is 42.7 Å². The van der Waals surface area contributed by atoms with Crippen LogP contribution in [0.3, 0.4) is 0 Å². The Morgan fingerprint density at radius 3 is 2.56 bits per heavy atom. The van der Waals surface area contributed by atoms with E-state index >= 15 is 0 Å². The lowest BCUT2D eigenvalue weighted by atomic mass is 9.82. The van der Waals surface area contributed by atoms with Gasteiger partial charge in [0.15, 0.2) is 0 Å². The summed E-state index contributed by atoms with van der Waals surface area (Å²) in [5, 5.41) is 19.4. The smallest absolute Gasteiger partial charge is 0.264 e. The van der Waals surface area contributed by atoms with E-state index in [1.807, 2.05) is 18.5 Å². The van der Waals surface area contributed by atoms with E-state index in [4.69, 9.17) is 0 Å². The lowest BCUT2D eigenvalue weighted by molar-refractivity contribution is -0.136. The molecule has 4 aliphatic heterocycles. The van der Waals surface area contributed by atoms with Crippen LogP contribution in [-0.2, 0) is 16.1 Å². The zero-order valence-corrected chi connectivity index (χ0v) is 30.6. The van der Waals surface area contributed by atoms with Gasteiger partial charge in [0, 0.05) is 67.2 Å². The van der Waals surface area contributed by atoms with Crippen molar-refractivity contribution in [2.45, 2.75) is 69.6 Å². The maximum absolute atomic E-state index is 13.3. The number of piperidine rings is 1. The summed E-state index contributed by atoms with van der Waals surface area (Å²) in [5.41, 5.74) is 7.95. The van der Waals surface area contributed by atoms with Gasteiger partial charge in [0.25, 0.3) is 11.8 Å². The van der Waals surface area contributed by atoms with Gasteiger partial charge in [-0.1, -0.05) is 42.5 Å². The van der Waals surface area contributed by atoms with Gasteiger partial charge in [-0.2, -0.15) is 0 Å². The molecule has 3 aromatic carbocycles. The molecule has 4 aromatic rings. The van der Waals surface area contributed by atoms with Crippen molar-refractivity contribution in [1.29, 1.82) is 0 Å². The van der Waals surface area contributed by atoms with Crippen LogP contribution in [0, 0.1) is 17.8 Å². The molecule has 280 valence electrons. The fourth-order valence-corrected chi connectivity index (χ4v) is 8.58. The van der Waals surface area contributed by atoms with Crippen LogP contribution in [0.25, 0.3) is 11.1 Å². The maximum atomic E-state index is 13.3. The number of aromatic nitrogens is 1. The zero-order chi connectivity index (χ0) is 37.9. The predicted molar refractivity (Wildman–Crippen MR) is 209 cm³/mol. The number of aliphatic hydroxyl groups is 1. The van der Waals surface area contributed by atoms with Gasteiger partial charge in [-0.05, 0) is 103 Å². The highest BCUT2D eigenvalue weighted by molar-refractivity contribution is 6.25. The average Bonchev–Trinajstić information content (AvgIpc) is 3.74. The lowest BCUT2D eigenvalue weighted by Gasteiger charge is -2.39. The molecule has 4 N–H and O–H groups in total. The van der Waals surface area contributed by atoms with Crippen molar-refractivity contribution in [1.82, 2.24) is 20.1 Å². The fourth-order valence-electron chi connectivity index (χ4n) is 8.58. The molecule has 1 unspecified atom stereocenters. The number of nitrogens with one attached hydrogen (secondary N) is 3. The Morgan fingerprint density at radius 2 is 1.73 bits per heavy atom. The number of carbonyl (C=O) groups excluding carboxylic acids is 4. The molecule has 8 rings (SSSR count). The summed E-state index contributed by atoms with van der Waals surface area (Å²) in [6.45, 7) is 2.55. The minimum atomic E-state index is -0.987. The summed E-state index contributed by atoms with van der Waals surface area (Å²) in [5.74, 6) is 4.99. The minimum Gasteiger partial charge on any atom is -0.394 e. The number of hydrogen-bond donors (Lipinski definition) is 4. The topological polar surface area (TPSA) is 144 Å². The summed E-state index contributed by atoms with van der Waals surface area (Å²) in [4.78, 5) is 58.2. The van der Waals surface area contributed by atoms with Crippen LogP contribution in [-0.4, -0.2) is 75.3 Å². The Labute approximate surface area is 320 Å². The van der Waals surface area contributed by atoms with Gasteiger partial charge in [0.1, 0.15) is 6.04 Å². The molecule has 0 aliphatic carbocycles. The Kier molecular flexibility index (Phi) is 10.4. The third kappa shape index (κ3) is 7.35. The van der Waals surface area contributed by atoms with Crippen molar-refractivity contribution in [2.24, 2.45) is 5.92 Å². The molecule has 11 heteroatoms. The SMILES string of the molecule is O=C1CCC(N2C(=O)c3cccc(NCCCCCC#Cc4cccc(-c5ccc6c(c5)[C@H]5[C@H](CCN5Cc5ccncc5)[C@@H](CO)N6)c4)c3C2=O)C(=O)N1. The van der Waals surface area contributed by atoms with Gasteiger partial charge in [-0.25, -0.2) is 0 Å². The van der Waals surface area contributed by atoms with Crippen LogP contribution in [0.5, 0.6) is 0 Å². The highest BCUT2D eigenvalue weighted by Crippen LogP contribution is 2.48. The van der Waals surface area contributed by atoms with Crippen LogP contribution in [0.4, 0.5) is 11.4 Å². The van der Waals surface area contributed by atoms with E-state index in [0.717, 1.165) is 72.5 Å². The van der Waals surface area contributed by atoms with Crippen LogP contribution in [0.2, 0.25) is 0 Å². The monoisotopic (exact) mass is 736 g/mol. The quantitative estimate of drug-likeness (QED) is 0.0889. The Balaban J connectivity index is 0.857. The number of imide groups is 2. The number of amides is 4. The lowest BCUT2D eigenvalue weighted by Crippen LogP contribution is -2.54. The molecule has 4 atom stereocenters. The number of hydrogen-bond acceptors (Lipinski definition) is 9. The van der Waals surface area contributed by atoms with E-state index in [2.05, 4.69) is 86.2 Å². The van der Waals surface area contributed by atoms with E-state index in [1.54, 1.807) is 18.2 Å². The molecule has 11 nitrogen and oxygen atoms in total. The van der Waals surface area contributed by atoms with Crippen molar-refractivity contribution in [2.75, 3.05) is 30.3 Å². The number of nitrogens with zero attached hydrogens (tertiary/aromatic N) is 3. The van der Waals surface area contributed by atoms with Gasteiger partial charge in [0.05, 0.1) is 23.8 Å². The van der Waals surface area contributed by atoms with Gasteiger partial charge in [0.2, 0.25) is 11.8 Å². The molecule has 55 heavy (non-hydrogen) atoms. The average molecular weight is 737 g/mol. The third-order valence-corrected chi connectivity index (χ3v) is 11.3. The van der Waals surface area contributed by atoms with Gasteiger partial charge >= 0.3 is 0 Å². The minimum absolute atomic E-state index is 0.0303. The molecule has 4 aliphatic rings. The Hall–Kier alpha value is -5.83. The summed E-state index contributed by atoms with van der Waals surface area (Å²) in [6.07, 6.45) is 8.40. The fraction of sp³-hybridized carbons (Fsp3) is 0.341. The first kappa shape index (κ1) is 36.2. The first-order valence-electron chi connectivity index (χ1n) is 19.2. The molecule has 1 aromatic heterocycles. The van der Waals surface area contributed by atoms with E-state index in [0.29, 0.717) is 18.2 Å². The van der Waals surface area contributed by atoms with E-state index in [9.17, 15) is 24.3 Å². The standard InChI is InChI=1S/C44H44N6O5/c51-27-37-32-19-23-49(26-29-17-21-45-22-18-29)41(32)34-25-31(13-14-35(34)47-37)30-10-6-9-28(24-30)8-4-2-1-3-5-20-46-36-12-7-11-33-40(36)44(55)50(43(33)54)38-15-16-39(52)48-42(38)53/h6-7,9-14,17-18,21-22,24-25,32,37-38,41,46-47,51H,1-3,5,15-16,19-20,23,26-27H2,(H,48,52,53)/t32-,37-,38?,41-/m1/s1. The second-order valence-corrected chi connectivity index (χ2v) is 14.8. The second kappa shape index (κ2) is 15.9. The first-order valence-corrected chi connectivity index (χ1v) is 19.2. The molecule has 4 amide bonds. The maximum Gasteiger partial charge on any atom is 0.264 e. The number of likely N-dealkylation sites (tertiary alicyclic amines) is 1. The molecule has 0 bridgehead atoms. The van der Waals surface area contributed by atoms with Crippen molar-refractivity contribution in [3.8, 4) is 23.0 Å². The number of unbranched alkanes of at least 4 members (excludes halogenated alkanes) is 3. The van der Waals surface area contributed by atoms with Crippen molar-refractivity contribution < 1.29 is 24.3 Å². The number of pyridine rings is 1. The summed E-state index contributed by atoms with van der Waals surface area (Å²) >= 11 is 0. The molecule has 2 saturated heterocycles. The number of rotatable bonds is 11. The van der Waals surface area contributed by atoms with Crippen molar-refractivity contribution >= 4 is 35.0 Å². The molecular weight excluding hydrogens is 693 g/mol. The van der Waals surface area contributed by atoms with Crippen LogP contribution in [0.1, 0.15) is 88.4 Å². The third-order valence-electron chi connectivity index (χ3n) is 11.3. The molecule has 2 fully saturated rings. The van der Waals surface area contributed by atoms with E-state index < -0.39 is 29.7 Å². The largest absolute Gasteiger partial charge is 0.394 e. The molecule has 0 radical (unpaired) electrons. The number of fused-ring (bicyclic) bond motifs is 4. The van der Waals surface area contributed by atoms with Gasteiger partial charge in [-0.3, -0.25) is 39.3 Å². The molecule has 5 heterocycles. The predicted octanol–water partition coefficient (Wildman–Crippen LogP) is 5.52. The normalized spacial score (nSPS) is 21.6. The highest BCUT2D eigenvalue weighted by atomic mass is 16.3. The zero-order valence-electron chi connectivity index (χ0n) is 30.6. The number of benzene rings is 3. The van der Waals surface area contributed by atoms with Crippen molar-refractivity contribution in [3.63, 3.8) is 0 Å². The van der Waals surface area contributed by atoms with Crippen LogP contribution in [0.15, 0.2) is 85.2 Å². The molecule has 0 saturated carbocycles. The first-order chi connectivity index (χ1) is 26.9. The van der Waals surface area contributed by atoms with Crippen LogP contribution < -0.4 is 16.0 Å². The summed E-state index contributed by atoms with van der Waals surface area (Å²) in [7, 11) is 0. The van der Waals surface area contributed by atoms with E-state index in [1.165, 1.54) is 11.1 Å². The summed E-state index contributed by atoms with van der Waals surface area (Å²) < 4.78 is 0. The Bertz CT molecular complexity index is 2200. The second-order valence-electron chi connectivity index (χ2n) is 14.8. The van der Waals surface area contributed by atoms with Gasteiger partial charge in [-0.15, -0.1) is 0 Å². The summed E-state index contributed by atoms with van der Waals surface area (Å²) in [6, 6.07) is 23.5. The Morgan fingerprint density at radius 1 is 0.891 bits per heavy atom. The number of carbonyl (C=O) groups is 4. The van der Waals surface area contributed by atoms with Crippen LogP contribution >= 0.6 is 0 Å². The number of aliphatic hydroxyl groups excluding tert-OH is 1. The van der Waals surface area contributed by atoms with Crippen molar-refractivity contribution in [3.05, 3.63) is 113 Å². The highest BCUT2D eigenvalue weighted by Gasteiger charge is 2.46. The molecular formula is C44H44N6O5. The van der Waals surface area contributed by atoms with Gasteiger partial charge < -0.3 is 15.7 Å². The molecule has 0 spiro atoms. The number of anilines is 2.